The van der Waals surface area contributed by atoms with Gasteiger partial charge in [-0.1, -0.05) is 59.8 Å². The molecule has 4 rings (SSSR count). The van der Waals surface area contributed by atoms with E-state index in [9.17, 15) is 15.0 Å². The van der Waals surface area contributed by atoms with Crippen LogP contribution < -0.4 is 5.32 Å². The molecule has 3 aromatic carbocycles. The summed E-state index contributed by atoms with van der Waals surface area (Å²) in [5, 5.41) is 33.2. The molecular weight excluding hydrogens is 436 g/mol. The van der Waals surface area contributed by atoms with Gasteiger partial charge < -0.3 is 15.5 Å². The van der Waals surface area contributed by atoms with Crippen LogP contribution in [0.2, 0.25) is 5.02 Å². The SMILES string of the molecule is N#Cc1ccc(NC(=O)C(O)(C#Cc2cccc(O)c2)CC2(c3ccccc3)CC2)cc1Cl. The standard InChI is InChI=1S/C27H21ClN2O3/c28-24-16-22(10-9-20(24)17-29)30-25(32)27(33,12-11-19-5-4-8-23(31)15-19)18-26(13-14-26)21-6-2-1-3-7-21/h1-10,15-16,31,33H,13-14,18H2,(H,30,32). The lowest BCUT2D eigenvalue weighted by Crippen LogP contribution is -2.44. The highest BCUT2D eigenvalue weighted by Crippen LogP contribution is 2.53. The van der Waals surface area contributed by atoms with Gasteiger partial charge in [0.25, 0.3) is 5.91 Å². The van der Waals surface area contributed by atoms with E-state index in [1.807, 2.05) is 36.4 Å². The third-order valence-corrected chi connectivity index (χ3v) is 6.13. The molecule has 0 heterocycles. The summed E-state index contributed by atoms with van der Waals surface area (Å²) < 4.78 is 0. The zero-order chi connectivity index (χ0) is 23.5. The Bertz CT molecular complexity index is 1300. The fraction of sp³-hybridized carbons (Fsp3) is 0.185. The van der Waals surface area contributed by atoms with Gasteiger partial charge in [0, 0.05) is 17.7 Å². The number of nitrogens with zero attached hydrogens (tertiary/aromatic N) is 1. The number of carbonyl (C=O) groups is 1. The fourth-order valence-electron chi connectivity index (χ4n) is 3.86. The van der Waals surface area contributed by atoms with Gasteiger partial charge in [0.15, 0.2) is 0 Å². The molecule has 3 aromatic rings. The molecule has 6 heteroatoms. The van der Waals surface area contributed by atoms with E-state index < -0.39 is 11.5 Å². The number of benzene rings is 3. The molecule has 0 aromatic heterocycles. The molecule has 1 saturated carbocycles. The Kier molecular flexibility index (Phi) is 6.11. The molecular formula is C27H21ClN2O3. The highest BCUT2D eigenvalue weighted by molar-refractivity contribution is 6.32. The number of nitrogens with one attached hydrogen (secondary N) is 1. The Balaban J connectivity index is 1.67. The number of nitriles is 1. The number of phenols is 1. The van der Waals surface area contributed by atoms with Crippen molar-refractivity contribution in [2.45, 2.75) is 30.3 Å². The Morgan fingerprint density at radius 2 is 1.85 bits per heavy atom. The molecule has 5 nitrogen and oxygen atoms in total. The molecule has 1 atom stereocenters. The van der Waals surface area contributed by atoms with Crippen LogP contribution in [-0.4, -0.2) is 21.7 Å². The third kappa shape index (κ3) is 5.02. The summed E-state index contributed by atoms with van der Waals surface area (Å²) in [6.45, 7) is 0. The fourth-order valence-corrected chi connectivity index (χ4v) is 4.08. The van der Waals surface area contributed by atoms with Crippen LogP contribution in [0.5, 0.6) is 5.75 Å². The summed E-state index contributed by atoms with van der Waals surface area (Å²) in [4.78, 5) is 13.3. The van der Waals surface area contributed by atoms with E-state index in [4.69, 9.17) is 16.9 Å². The van der Waals surface area contributed by atoms with Crippen LogP contribution in [0, 0.1) is 23.2 Å². The summed E-state index contributed by atoms with van der Waals surface area (Å²) >= 11 is 6.09. The van der Waals surface area contributed by atoms with E-state index in [2.05, 4.69) is 17.2 Å². The van der Waals surface area contributed by atoms with E-state index >= 15 is 0 Å². The first-order chi connectivity index (χ1) is 15.8. The van der Waals surface area contributed by atoms with Crippen molar-refractivity contribution in [3.8, 4) is 23.7 Å². The largest absolute Gasteiger partial charge is 0.508 e. The Morgan fingerprint density at radius 1 is 1.09 bits per heavy atom. The molecule has 3 N–H and O–H groups in total. The van der Waals surface area contributed by atoms with E-state index in [-0.39, 0.29) is 28.2 Å². The molecule has 1 fully saturated rings. The molecule has 0 saturated heterocycles. The van der Waals surface area contributed by atoms with E-state index in [1.165, 1.54) is 24.3 Å². The number of hydrogen-bond acceptors (Lipinski definition) is 4. The lowest BCUT2D eigenvalue weighted by Gasteiger charge is -2.27. The van der Waals surface area contributed by atoms with Crippen molar-refractivity contribution < 1.29 is 15.0 Å². The number of amides is 1. The third-order valence-electron chi connectivity index (χ3n) is 5.82. The molecule has 1 amide bonds. The number of aromatic hydroxyl groups is 1. The van der Waals surface area contributed by atoms with Gasteiger partial charge in [-0.05, 0) is 60.2 Å². The maximum absolute atomic E-state index is 13.3. The second-order valence-electron chi connectivity index (χ2n) is 8.24. The number of aliphatic hydroxyl groups is 1. The van der Waals surface area contributed by atoms with E-state index in [0.29, 0.717) is 11.3 Å². The average molecular weight is 457 g/mol. The highest BCUT2D eigenvalue weighted by Gasteiger charge is 2.52. The zero-order valence-electron chi connectivity index (χ0n) is 17.7. The molecule has 33 heavy (non-hydrogen) atoms. The molecule has 0 radical (unpaired) electrons. The molecule has 1 unspecified atom stereocenters. The van der Waals surface area contributed by atoms with E-state index in [0.717, 1.165) is 18.4 Å². The number of phenolic OH excluding ortho intramolecular Hbond substituents is 1. The minimum Gasteiger partial charge on any atom is -0.508 e. The van der Waals surface area contributed by atoms with Gasteiger partial charge in [0.1, 0.15) is 11.8 Å². The van der Waals surface area contributed by atoms with Gasteiger partial charge in [-0.3, -0.25) is 4.79 Å². The molecule has 0 spiro atoms. The van der Waals surface area contributed by atoms with Gasteiger partial charge in [-0.25, -0.2) is 0 Å². The molecule has 0 bridgehead atoms. The first kappa shape index (κ1) is 22.4. The van der Waals surface area contributed by atoms with Crippen molar-refractivity contribution in [2.24, 2.45) is 0 Å². The predicted molar refractivity (Wildman–Crippen MR) is 127 cm³/mol. The maximum atomic E-state index is 13.3. The zero-order valence-corrected chi connectivity index (χ0v) is 18.4. The van der Waals surface area contributed by atoms with Gasteiger partial charge in [0.05, 0.1) is 10.6 Å². The van der Waals surface area contributed by atoms with Crippen molar-refractivity contribution in [3.63, 3.8) is 0 Å². The van der Waals surface area contributed by atoms with Crippen LogP contribution in [-0.2, 0) is 10.2 Å². The normalized spacial score (nSPS) is 15.3. The van der Waals surface area contributed by atoms with Crippen LogP contribution in [0.3, 0.4) is 0 Å². The lowest BCUT2D eigenvalue weighted by molar-refractivity contribution is -0.129. The molecule has 1 aliphatic rings. The predicted octanol–water partition coefficient (Wildman–Crippen LogP) is 4.76. The number of anilines is 1. The summed E-state index contributed by atoms with van der Waals surface area (Å²) in [6.07, 6.45) is 1.79. The van der Waals surface area contributed by atoms with Crippen molar-refractivity contribution in [1.82, 2.24) is 0 Å². The van der Waals surface area contributed by atoms with Gasteiger partial charge in [0.2, 0.25) is 5.60 Å². The minimum absolute atomic E-state index is 0.0463. The van der Waals surface area contributed by atoms with Crippen molar-refractivity contribution >= 4 is 23.2 Å². The van der Waals surface area contributed by atoms with Crippen LogP contribution in [0.1, 0.15) is 36.0 Å². The number of hydrogen-bond donors (Lipinski definition) is 3. The minimum atomic E-state index is -2.00. The first-order valence-electron chi connectivity index (χ1n) is 10.4. The van der Waals surface area contributed by atoms with Crippen molar-refractivity contribution in [3.05, 3.63) is 94.5 Å². The summed E-state index contributed by atoms with van der Waals surface area (Å²) in [6, 6.07) is 22.6. The summed E-state index contributed by atoms with van der Waals surface area (Å²) in [5.74, 6) is 4.96. The van der Waals surface area contributed by atoms with Gasteiger partial charge in [-0.2, -0.15) is 5.26 Å². The Labute approximate surface area is 197 Å². The quantitative estimate of drug-likeness (QED) is 0.482. The Morgan fingerprint density at radius 3 is 2.48 bits per heavy atom. The second kappa shape index (κ2) is 9.00. The Hall–Kier alpha value is -3.77. The lowest BCUT2D eigenvalue weighted by atomic mass is 9.82. The average Bonchev–Trinajstić information content (AvgIpc) is 3.59. The topological polar surface area (TPSA) is 93.4 Å². The second-order valence-corrected chi connectivity index (χ2v) is 8.65. The van der Waals surface area contributed by atoms with Crippen LogP contribution in [0.25, 0.3) is 0 Å². The summed E-state index contributed by atoms with van der Waals surface area (Å²) in [5.41, 5.74) is -0.175. The van der Waals surface area contributed by atoms with E-state index in [1.54, 1.807) is 18.2 Å². The maximum Gasteiger partial charge on any atom is 0.269 e. The van der Waals surface area contributed by atoms with Crippen LogP contribution in [0.15, 0.2) is 72.8 Å². The first-order valence-corrected chi connectivity index (χ1v) is 10.8. The van der Waals surface area contributed by atoms with Crippen LogP contribution >= 0.6 is 11.6 Å². The van der Waals surface area contributed by atoms with Crippen molar-refractivity contribution in [2.75, 3.05) is 5.32 Å². The van der Waals surface area contributed by atoms with Crippen molar-refractivity contribution in [1.29, 1.82) is 5.26 Å². The van der Waals surface area contributed by atoms with Gasteiger partial charge in [-0.15, -0.1) is 0 Å². The van der Waals surface area contributed by atoms with Gasteiger partial charge >= 0.3 is 0 Å². The molecule has 164 valence electrons. The number of rotatable bonds is 5. The molecule has 0 aliphatic heterocycles. The smallest absolute Gasteiger partial charge is 0.269 e. The number of halogens is 1. The molecule has 1 aliphatic carbocycles. The number of carbonyl (C=O) groups excluding carboxylic acids is 1. The monoisotopic (exact) mass is 456 g/mol. The van der Waals surface area contributed by atoms with Crippen LogP contribution in [0.4, 0.5) is 5.69 Å². The highest BCUT2D eigenvalue weighted by atomic mass is 35.5. The summed E-state index contributed by atoms with van der Waals surface area (Å²) in [7, 11) is 0.